The molecule has 1 aliphatic heterocycles. The Hall–Kier alpha value is -1.09. The number of nitrogens with one attached hydrogen (secondary N) is 1. The van der Waals surface area contributed by atoms with E-state index in [2.05, 4.69) is 23.2 Å². The van der Waals surface area contributed by atoms with Crippen molar-refractivity contribution in [3.63, 3.8) is 0 Å². The van der Waals surface area contributed by atoms with E-state index in [1.807, 2.05) is 0 Å². The lowest BCUT2D eigenvalue weighted by atomic mass is 9.75. The van der Waals surface area contributed by atoms with Crippen LogP contribution in [0.15, 0.2) is 18.2 Å². The zero-order valence-corrected chi connectivity index (χ0v) is 13.1. The lowest BCUT2D eigenvalue weighted by Crippen LogP contribution is -2.41. The second-order valence-corrected chi connectivity index (χ2v) is 6.64. The molecule has 2 fully saturated rings. The molecule has 1 aromatic rings. The van der Waals surface area contributed by atoms with Crippen molar-refractivity contribution in [1.29, 1.82) is 0 Å². The molecule has 1 saturated carbocycles. The Balaban J connectivity index is 1.72. The van der Waals surface area contributed by atoms with Crippen molar-refractivity contribution < 1.29 is 4.39 Å². The van der Waals surface area contributed by atoms with Gasteiger partial charge in [-0.3, -0.25) is 0 Å². The van der Waals surface area contributed by atoms with Crippen LogP contribution in [0.4, 0.5) is 10.1 Å². The molecule has 1 heterocycles. The average Bonchev–Trinajstić information content (AvgIpc) is 2.52. The Bertz CT molecular complexity index is 474. The first kappa shape index (κ1) is 14.8. The Labute approximate surface area is 127 Å². The van der Waals surface area contributed by atoms with Crippen molar-refractivity contribution in [2.24, 2.45) is 11.8 Å². The highest BCUT2D eigenvalue weighted by atomic mass is 19.1. The van der Waals surface area contributed by atoms with E-state index in [4.69, 9.17) is 0 Å². The number of piperidine rings is 1. The minimum absolute atomic E-state index is 0.105. The van der Waals surface area contributed by atoms with Gasteiger partial charge in [0.2, 0.25) is 0 Å². The number of nitrogens with zero attached hydrogens (tertiary/aromatic N) is 1. The molecule has 1 saturated heterocycles. The smallest absolute Gasteiger partial charge is 0.125 e. The van der Waals surface area contributed by atoms with Gasteiger partial charge in [-0.2, -0.15) is 0 Å². The van der Waals surface area contributed by atoms with Gasteiger partial charge in [0, 0.05) is 25.3 Å². The van der Waals surface area contributed by atoms with Crippen molar-refractivity contribution in [1.82, 2.24) is 5.32 Å². The van der Waals surface area contributed by atoms with Gasteiger partial charge >= 0.3 is 0 Å². The van der Waals surface area contributed by atoms with Gasteiger partial charge in [-0.05, 0) is 55.0 Å². The molecule has 0 bridgehead atoms. The summed E-state index contributed by atoms with van der Waals surface area (Å²) >= 11 is 0. The van der Waals surface area contributed by atoms with E-state index in [1.54, 1.807) is 12.1 Å². The summed E-state index contributed by atoms with van der Waals surface area (Å²) in [5.74, 6) is 1.64. The van der Waals surface area contributed by atoms with Crippen molar-refractivity contribution in [2.75, 3.05) is 24.5 Å². The second kappa shape index (κ2) is 6.78. The topological polar surface area (TPSA) is 15.3 Å². The van der Waals surface area contributed by atoms with E-state index in [0.717, 1.165) is 49.3 Å². The van der Waals surface area contributed by atoms with E-state index >= 15 is 0 Å². The standard InChI is InChI=1S/C18H27FN2/c1-2-20-12-14-9-17(19)11-18(10-14)21-8-7-15-5-3-4-6-16(15)13-21/h9-11,15-16,20H,2-8,12-13H2,1H3. The fourth-order valence-electron chi connectivity index (χ4n) is 4.02. The highest BCUT2D eigenvalue weighted by molar-refractivity contribution is 5.49. The molecule has 1 aromatic carbocycles. The van der Waals surface area contributed by atoms with Crippen molar-refractivity contribution >= 4 is 5.69 Å². The first-order chi connectivity index (χ1) is 10.3. The molecule has 1 N–H and O–H groups in total. The monoisotopic (exact) mass is 290 g/mol. The predicted octanol–water partition coefficient (Wildman–Crippen LogP) is 3.95. The first-order valence-electron chi connectivity index (χ1n) is 8.51. The van der Waals surface area contributed by atoms with Crippen LogP contribution in [0, 0.1) is 17.7 Å². The van der Waals surface area contributed by atoms with Gasteiger partial charge in [-0.15, -0.1) is 0 Å². The summed E-state index contributed by atoms with van der Waals surface area (Å²) in [7, 11) is 0. The molecule has 2 atom stereocenters. The van der Waals surface area contributed by atoms with Gasteiger partial charge in [-0.1, -0.05) is 26.2 Å². The van der Waals surface area contributed by atoms with Crippen LogP contribution in [0.3, 0.4) is 0 Å². The second-order valence-electron chi connectivity index (χ2n) is 6.64. The molecule has 2 aliphatic rings. The third-order valence-corrected chi connectivity index (χ3v) is 5.18. The zero-order valence-electron chi connectivity index (χ0n) is 13.1. The number of hydrogen-bond donors (Lipinski definition) is 1. The summed E-state index contributed by atoms with van der Waals surface area (Å²) < 4.78 is 13.9. The number of fused-ring (bicyclic) bond motifs is 1. The summed E-state index contributed by atoms with van der Waals surface area (Å²) in [5, 5.41) is 3.28. The molecule has 3 rings (SSSR count). The lowest BCUT2D eigenvalue weighted by Gasteiger charge is -2.42. The maximum Gasteiger partial charge on any atom is 0.125 e. The summed E-state index contributed by atoms with van der Waals surface area (Å²) in [4.78, 5) is 2.41. The van der Waals surface area contributed by atoms with Crippen LogP contribution in [0.1, 0.15) is 44.6 Å². The van der Waals surface area contributed by atoms with Crippen LogP contribution >= 0.6 is 0 Å². The summed E-state index contributed by atoms with van der Waals surface area (Å²) in [5.41, 5.74) is 2.13. The zero-order chi connectivity index (χ0) is 14.7. The number of benzene rings is 1. The van der Waals surface area contributed by atoms with Crippen molar-refractivity contribution in [2.45, 2.75) is 45.6 Å². The number of halogens is 1. The normalized spacial score (nSPS) is 25.7. The minimum atomic E-state index is -0.105. The Morgan fingerprint density at radius 3 is 2.76 bits per heavy atom. The van der Waals surface area contributed by atoms with Gasteiger partial charge in [0.25, 0.3) is 0 Å². The van der Waals surface area contributed by atoms with E-state index in [1.165, 1.54) is 32.1 Å². The summed E-state index contributed by atoms with van der Waals surface area (Å²) in [6.45, 7) is 5.95. The fraction of sp³-hybridized carbons (Fsp3) is 0.667. The van der Waals surface area contributed by atoms with Crippen LogP contribution in [-0.2, 0) is 6.54 Å². The molecule has 0 aromatic heterocycles. The largest absolute Gasteiger partial charge is 0.371 e. The molecule has 0 radical (unpaired) electrons. The third kappa shape index (κ3) is 3.57. The van der Waals surface area contributed by atoms with Crippen molar-refractivity contribution in [3.05, 3.63) is 29.6 Å². The highest BCUT2D eigenvalue weighted by Gasteiger charge is 2.31. The van der Waals surface area contributed by atoms with Gasteiger partial charge < -0.3 is 10.2 Å². The molecule has 0 amide bonds. The molecule has 1 aliphatic carbocycles. The molecule has 0 spiro atoms. The van der Waals surface area contributed by atoms with Crippen LogP contribution in [-0.4, -0.2) is 19.6 Å². The molecule has 21 heavy (non-hydrogen) atoms. The average molecular weight is 290 g/mol. The molecular formula is C18H27FN2. The van der Waals surface area contributed by atoms with Crippen LogP contribution in [0.25, 0.3) is 0 Å². The maximum absolute atomic E-state index is 13.9. The highest BCUT2D eigenvalue weighted by Crippen LogP contribution is 2.37. The molecule has 2 nitrogen and oxygen atoms in total. The van der Waals surface area contributed by atoms with E-state index in [-0.39, 0.29) is 5.82 Å². The summed E-state index contributed by atoms with van der Waals surface area (Å²) in [6.07, 6.45) is 6.84. The summed E-state index contributed by atoms with van der Waals surface area (Å²) in [6, 6.07) is 5.52. The van der Waals surface area contributed by atoms with Gasteiger partial charge in [0.1, 0.15) is 5.82 Å². The van der Waals surface area contributed by atoms with Crippen LogP contribution in [0.5, 0.6) is 0 Å². The SMILES string of the molecule is CCNCc1cc(F)cc(N2CCC3CCCCC3C2)c1. The molecule has 3 heteroatoms. The maximum atomic E-state index is 13.9. The van der Waals surface area contributed by atoms with Gasteiger partial charge in [-0.25, -0.2) is 4.39 Å². The molecular weight excluding hydrogens is 263 g/mol. The first-order valence-corrected chi connectivity index (χ1v) is 8.51. The van der Waals surface area contributed by atoms with E-state index in [0.29, 0.717) is 0 Å². The van der Waals surface area contributed by atoms with Gasteiger partial charge in [0.15, 0.2) is 0 Å². The quantitative estimate of drug-likeness (QED) is 0.903. The van der Waals surface area contributed by atoms with E-state index in [9.17, 15) is 4.39 Å². The number of hydrogen-bond acceptors (Lipinski definition) is 2. The third-order valence-electron chi connectivity index (χ3n) is 5.18. The predicted molar refractivity (Wildman–Crippen MR) is 86.1 cm³/mol. The van der Waals surface area contributed by atoms with Crippen LogP contribution < -0.4 is 10.2 Å². The van der Waals surface area contributed by atoms with Crippen LogP contribution in [0.2, 0.25) is 0 Å². The Kier molecular flexibility index (Phi) is 4.79. The Morgan fingerprint density at radius 1 is 1.14 bits per heavy atom. The molecule has 2 unspecified atom stereocenters. The molecule has 116 valence electrons. The fourth-order valence-corrected chi connectivity index (χ4v) is 4.02. The van der Waals surface area contributed by atoms with Gasteiger partial charge in [0.05, 0.1) is 0 Å². The number of anilines is 1. The Morgan fingerprint density at radius 2 is 1.95 bits per heavy atom. The van der Waals surface area contributed by atoms with Crippen molar-refractivity contribution in [3.8, 4) is 0 Å². The number of rotatable bonds is 4. The minimum Gasteiger partial charge on any atom is -0.371 e. The lowest BCUT2D eigenvalue weighted by molar-refractivity contribution is 0.202. The van der Waals surface area contributed by atoms with E-state index < -0.39 is 0 Å².